The Balaban J connectivity index is 1.41. The Bertz CT molecular complexity index is 1020. The third-order valence-corrected chi connectivity index (χ3v) is 5.36. The molecule has 0 fully saturated rings. The number of hydrogen-bond donors (Lipinski definition) is 0. The molecule has 0 aliphatic heterocycles. The van der Waals surface area contributed by atoms with Gasteiger partial charge in [-0.2, -0.15) is 0 Å². The molecule has 0 N–H and O–H groups in total. The summed E-state index contributed by atoms with van der Waals surface area (Å²) >= 11 is 6.72. The number of halogens is 2. The van der Waals surface area contributed by atoms with Gasteiger partial charge in [0.25, 0.3) is 0 Å². The molecular formula is C24H20Br2O5. The van der Waals surface area contributed by atoms with Gasteiger partial charge >= 0.3 is 11.9 Å². The highest BCUT2D eigenvalue weighted by molar-refractivity contribution is 9.11. The first-order valence-electron chi connectivity index (χ1n) is 9.61. The van der Waals surface area contributed by atoms with Gasteiger partial charge in [-0.25, -0.2) is 9.59 Å². The fraction of sp³-hybridized carbons (Fsp3) is 0.167. The normalized spacial score (nSPS) is 10.4. The third kappa shape index (κ3) is 7.52. The summed E-state index contributed by atoms with van der Waals surface area (Å²) in [6.45, 7) is 0.0961. The van der Waals surface area contributed by atoms with E-state index >= 15 is 0 Å². The molecule has 0 atom stereocenters. The number of carbonyl (C=O) groups excluding carboxylic acids is 2. The van der Waals surface area contributed by atoms with Gasteiger partial charge in [0, 0.05) is 4.47 Å². The molecule has 0 bridgehead atoms. The quantitative estimate of drug-likeness (QED) is 0.187. The highest BCUT2D eigenvalue weighted by Gasteiger charge is 2.11. The first-order valence-corrected chi connectivity index (χ1v) is 11.2. The topological polar surface area (TPSA) is 61.8 Å². The molecule has 0 unspecified atom stereocenters. The summed E-state index contributed by atoms with van der Waals surface area (Å²) in [4.78, 5) is 24.2. The first-order chi connectivity index (χ1) is 15.0. The number of rotatable bonds is 9. The van der Waals surface area contributed by atoms with E-state index in [0.29, 0.717) is 23.7 Å². The van der Waals surface area contributed by atoms with Crippen molar-refractivity contribution in [1.82, 2.24) is 0 Å². The Hall–Kier alpha value is -2.64. The number of benzene rings is 3. The van der Waals surface area contributed by atoms with E-state index < -0.39 is 11.9 Å². The Morgan fingerprint density at radius 1 is 0.871 bits per heavy atom. The van der Waals surface area contributed by atoms with Crippen molar-refractivity contribution in [1.29, 1.82) is 0 Å². The van der Waals surface area contributed by atoms with Gasteiger partial charge in [0.1, 0.15) is 11.5 Å². The fourth-order valence-electron chi connectivity index (χ4n) is 2.72. The predicted molar refractivity (Wildman–Crippen MR) is 124 cm³/mol. The minimum Gasteiger partial charge on any atom is -0.481 e. The average molecular weight is 548 g/mol. The van der Waals surface area contributed by atoms with Crippen LogP contribution in [0.1, 0.15) is 22.3 Å². The van der Waals surface area contributed by atoms with E-state index in [1.54, 1.807) is 30.3 Å². The van der Waals surface area contributed by atoms with Crippen LogP contribution in [0, 0.1) is 0 Å². The molecule has 0 saturated carbocycles. The molecule has 31 heavy (non-hydrogen) atoms. The van der Waals surface area contributed by atoms with Crippen LogP contribution in [-0.4, -0.2) is 25.2 Å². The van der Waals surface area contributed by atoms with Crippen LogP contribution < -0.4 is 9.47 Å². The highest BCUT2D eigenvalue weighted by atomic mass is 79.9. The average Bonchev–Trinajstić information content (AvgIpc) is 2.77. The largest absolute Gasteiger partial charge is 0.481 e. The minimum atomic E-state index is -0.550. The van der Waals surface area contributed by atoms with E-state index in [-0.39, 0.29) is 6.61 Å². The first kappa shape index (κ1) is 23.0. The zero-order valence-electron chi connectivity index (χ0n) is 16.6. The third-order valence-electron chi connectivity index (χ3n) is 4.25. The van der Waals surface area contributed by atoms with Gasteiger partial charge in [-0.3, -0.25) is 0 Å². The Kier molecular flexibility index (Phi) is 8.67. The van der Waals surface area contributed by atoms with Crippen molar-refractivity contribution in [2.45, 2.75) is 12.8 Å². The van der Waals surface area contributed by atoms with Gasteiger partial charge in [-0.05, 0) is 76.8 Å². The molecule has 0 heterocycles. The molecule has 7 heteroatoms. The van der Waals surface area contributed by atoms with E-state index in [1.165, 1.54) is 5.56 Å². The summed E-state index contributed by atoms with van der Waals surface area (Å²) < 4.78 is 17.6. The monoisotopic (exact) mass is 546 g/mol. The van der Waals surface area contributed by atoms with Gasteiger partial charge in [-0.15, -0.1) is 0 Å². The van der Waals surface area contributed by atoms with Gasteiger partial charge in [0.15, 0.2) is 6.61 Å². The van der Waals surface area contributed by atoms with Crippen LogP contribution in [0.2, 0.25) is 0 Å². The van der Waals surface area contributed by atoms with Crippen LogP contribution >= 0.6 is 31.9 Å². The number of carbonyl (C=O) groups is 2. The maximum atomic E-state index is 12.1. The van der Waals surface area contributed by atoms with Crippen molar-refractivity contribution in [3.8, 4) is 11.5 Å². The van der Waals surface area contributed by atoms with E-state index in [9.17, 15) is 9.59 Å². The van der Waals surface area contributed by atoms with Gasteiger partial charge in [-0.1, -0.05) is 46.3 Å². The lowest BCUT2D eigenvalue weighted by Gasteiger charge is -2.09. The molecule has 160 valence electrons. The second-order valence-electron chi connectivity index (χ2n) is 6.59. The number of ether oxygens (including phenoxy) is 3. The van der Waals surface area contributed by atoms with Crippen molar-refractivity contribution in [3.05, 3.63) is 92.9 Å². The van der Waals surface area contributed by atoms with E-state index in [1.807, 2.05) is 42.5 Å². The molecule has 0 aliphatic carbocycles. The summed E-state index contributed by atoms with van der Waals surface area (Å²) in [5.74, 6) is -0.102. The van der Waals surface area contributed by atoms with Crippen LogP contribution in [0.25, 0.3) is 0 Å². The summed E-state index contributed by atoms with van der Waals surface area (Å²) in [6, 6.07) is 21.6. The second-order valence-corrected chi connectivity index (χ2v) is 8.36. The maximum Gasteiger partial charge on any atom is 0.349 e. The smallest absolute Gasteiger partial charge is 0.349 e. The van der Waals surface area contributed by atoms with Gasteiger partial charge < -0.3 is 14.2 Å². The number of aryl methyl sites for hydroxylation is 1. The Morgan fingerprint density at radius 3 is 2.32 bits per heavy atom. The molecule has 0 saturated heterocycles. The zero-order valence-corrected chi connectivity index (χ0v) is 19.7. The van der Waals surface area contributed by atoms with Crippen molar-refractivity contribution in [3.63, 3.8) is 0 Å². The maximum absolute atomic E-state index is 12.1. The molecule has 0 spiro atoms. The standard InChI is InChI=1S/C24H20Br2O5/c25-19-10-13-22(21(26)15-19)30-16-23(27)31-20-11-8-18(9-12-20)24(28)29-14-4-7-17-5-2-1-3-6-17/h1-3,5-6,8-13,15H,4,7,14,16H2. The Labute approximate surface area is 197 Å². The summed E-state index contributed by atoms with van der Waals surface area (Å²) in [6.07, 6.45) is 1.60. The SMILES string of the molecule is O=C(COc1ccc(Br)cc1Br)Oc1ccc(C(=O)OCCCc2ccccc2)cc1. The lowest BCUT2D eigenvalue weighted by Crippen LogP contribution is -2.18. The van der Waals surface area contributed by atoms with Gasteiger partial charge in [0.2, 0.25) is 0 Å². The summed E-state index contributed by atoms with van der Waals surface area (Å²) in [7, 11) is 0. The molecular weight excluding hydrogens is 528 g/mol. The fourth-order valence-corrected chi connectivity index (χ4v) is 3.88. The van der Waals surface area contributed by atoms with Crippen LogP contribution in [0.4, 0.5) is 0 Å². The lowest BCUT2D eigenvalue weighted by molar-refractivity contribution is -0.136. The van der Waals surface area contributed by atoms with Crippen LogP contribution in [-0.2, 0) is 16.0 Å². The lowest BCUT2D eigenvalue weighted by atomic mass is 10.1. The molecule has 0 radical (unpaired) electrons. The van der Waals surface area contributed by atoms with Gasteiger partial charge in [0.05, 0.1) is 16.6 Å². The number of hydrogen-bond acceptors (Lipinski definition) is 5. The second kappa shape index (κ2) is 11.7. The molecule has 5 nitrogen and oxygen atoms in total. The Morgan fingerprint density at radius 2 is 1.61 bits per heavy atom. The van der Waals surface area contributed by atoms with Crippen LogP contribution in [0.15, 0.2) is 81.7 Å². The van der Waals surface area contributed by atoms with Crippen LogP contribution in [0.5, 0.6) is 11.5 Å². The molecule has 3 aromatic carbocycles. The summed E-state index contributed by atoms with van der Waals surface area (Å²) in [5.41, 5.74) is 1.61. The molecule has 3 rings (SSSR count). The van der Waals surface area contributed by atoms with Crippen molar-refractivity contribution in [2.24, 2.45) is 0 Å². The molecule has 0 aliphatic rings. The van der Waals surface area contributed by atoms with E-state index in [4.69, 9.17) is 14.2 Å². The molecule has 0 aromatic heterocycles. The van der Waals surface area contributed by atoms with Crippen molar-refractivity contribution >= 4 is 43.8 Å². The molecule has 0 amide bonds. The van der Waals surface area contributed by atoms with Crippen molar-refractivity contribution < 1.29 is 23.8 Å². The van der Waals surface area contributed by atoms with Crippen molar-refractivity contribution in [2.75, 3.05) is 13.2 Å². The predicted octanol–water partition coefficient (Wildman–Crippen LogP) is 5.99. The van der Waals surface area contributed by atoms with Crippen LogP contribution in [0.3, 0.4) is 0 Å². The summed E-state index contributed by atoms with van der Waals surface area (Å²) in [5, 5.41) is 0. The number of esters is 2. The van der Waals surface area contributed by atoms with E-state index in [0.717, 1.165) is 21.8 Å². The van der Waals surface area contributed by atoms with E-state index in [2.05, 4.69) is 31.9 Å². The molecule has 3 aromatic rings. The zero-order chi connectivity index (χ0) is 22.1. The minimum absolute atomic E-state index is 0.245. The highest BCUT2D eigenvalue weighted by Crippen LogP contribution is 2.28.